The second-order valence-corrected chi connectivity index (χ2v) is 6.57. The molecule has 1 aromatic heterocycles. The van der Waals surface area contributed by atoms with Crippen molar-refractivity contribution in [2.24, 2.45) is 0 Å². The maximum Gasteiger partial charge on any atom is 0.321 e. The molecule has 24 heavy (non-hydrogen) atoms. The van der Waals surface area contributed by atoms with Crippen molar-refractivity contribution in [2.75, 3.05) is 5.75 Å². The van der Waals surface area contributed by atoms with Gasteiger partial charge in [-0.15, -0.1) is 5.10 Å². The average Bonchev–Trinajstić information content (AvgIpc) is 2.95. The number of urea groups is 1. The molecule has 9 heteroatoms. The minimum atomic E-state index is -0.510. The maximum absolute atomic E-state index is 11.8. The molecule has 0 aliphatic heterocycles. The number of aromatic nitrogens is 4. The van der Waals surface area contributed by atoms with Gasteiger partial charge >= 0.3 is 6.03 Å². The van der Waals surface area contributed by atoms with Gasteiger partial charge in [0.2, 0.25) is 11.1 Å². The van der Waals surface area contributed by atoms with E-state index in [4.69, 9.17) is 0 Å². The molecule has 1 aromatic carbocycles. The Labute approximate surface area is 144 Å². The minimum Gasteiger partial charge on any atom is -0.336 e. The molecule has 0 radical (unpaired) electrons. The smallest absolute Gasteiger partial charge is 0.321 e. The van der Waals surface area contributed by atoms with Crippen LogP contribution in [0.4, 0.5) is 4.79 Å². The molecule has 0 unspecified atom stereocenters. The van der Waals surface area contributed by atoms with Crippen molar-refractivity contribution >= 4 is 23.7 Å². The maximum atomic E-state index is 11.8. The topological polar surface area (TPSA) is 102 Å². The molecule has 2 rings (SSSR count). The van der Waals surface area contributed by atoms with Crippen LogP contribution in [-0.4, -0.2) is 43.9 Å². The third-order valence-corrected chi connectivity index (χ3v) is 3.96. The zero-order valence-electron chi connectivity index (χ0n) is 14.0. The molecule has 0 aliphatic rings. The number of carbonyl (C=O) groups is 2. The lowest BCUT2D eigenvalue weighted by Crippen LogP contribution is -2.43. The van der Waals surface area contributed by atoms with Crippen LogP contribution >= 0.6 is 11.8 Å². The number of tetrazole rings is 1. The summed E-state index contributed by atoms with van der Waals surface area (Å²) in [5.74, 6) is -0.370. The summed E-state index contributed by atoms with van der Waals surface area (Å²) in [5.41, 5.74) is 2.97. The molecule has 3 amide bonds. The highest BCUT2D eigenvalue weighted by Gasteiger charge is 2.14. The molecule has 8 nitrogen and oxygen atoms in total. The number of nitrogens with zero attached hydrogens (tertiary/aromatic N) is 4. The van der Waals surface area contributed by atoms with Gasteiger partial charge in [-0.2, -0.15) is 4.68 Å². The van der Waals surface area contributed by atoms with Gasteiger partial charge in [0.05, 0.1) is 11.4 Å². The molecule has 0 saturated heterocycles. The van der Waals surface area contributed by atoms with E-state index >= 15 is 0 Å². The number of nitrogens with one attached hydrogen (secondary N) is 2. The molecule has 0 saturated carbocycles. The number of imide groups is 1. The fraction of sp³-hybridized carbons (Fsp3) is 0.400. The molecule has 128 valence electrons. The van der Waals surface area contributed by atoms with Gasteiger partial charge in [-0.3, -0.25) is 10.1 Å². The molecule has 0 atom stereocenters. The predicted octanol–water partition coefficient (Wildman–Crippen LogP) is 1.61. The second-order valence-electron chi connectivity index (χ2n) is 5.63. The molecule has 1 heterocycles. The number of aryl methyl sites for hydroxylation is 2. The van der Waals surface area contributed by atoms with Crippen molar-refractivity contribution in [1.29, 1.82) is 0 Å². The van der Waals surface area contributed by atoms with E-state index in [2.05, 4.69) is 26.2 Å². The first kappa shape index (κ1) is 17.9. The van der Waals surface area contributed by atoms with Gasteiger partial charge < -0.3 is 5.32 Å². The Bertz CT molecular complexity index is 743. The van der Waals surface area contributed by atoms with Crippen molar-refractivity contribution in [3.05, 3.63) is 29.3 Å². The Hall–Kier alpha value is -2.42. The Morgan fingerprint density at radius 1 is 1.29 bits per heavy atom. The Morgan fingerprint density at radius 3 is 2.75 bits per heavy atom. The molecule has 0 fully saturated rings. The van der Waals surface area contributed by atoms with Crippen molar-refractivity contribution in [1.82, 2.24) is 30.8 Å². The Kier molecular flexibility index (Phi) is 5.91. The van der Waals surface area contributed by atoms with Crippen LogP contribution in [0.15, 0.2) is 23.4 Å². The van der Waals surface area contributed by atoms with E-state index in [0.717, 1.165) is 16.8 Å². The van der Waals surface area contributed by atoms with Gasteiger partial charge in [-0.05, 0) is 55.3 Å². The molecular formula is C15H20N6O2S. The first-order chi connectivity index (χ1) is 11.4. The first-order valence-electron chi connectivity index (χ1n) is 7.46. The normalized spacial score (nSPS) is 10.7. The lowest BCUT2D eigenvalue weighted by Gasteiger charge is -2.10. The average molecular weight is 348 g/mol. The van der Waals surface area contributed by atoms with E-state index in [0.29, 0.717) is 5.16 Å². The van der Waals surface area contributed by atoms with Crippen molar-refractivity contribution in [3.8, 4) is 5.69 Å². The van der Waals surface area contributed by atoms with E-state index < -0.39 is 11.9 Å². The van der Waals surface area contributed by atoms with E-state index in [1.54, 1.807) is 4.68 Å². The van der Waals surface area contributed by atoms with E-state index in [9.17, 15) is 9.59 Å². The Balaban J connectivity index is 2.02. The zero-order valence-corrected chi connectivity index (χ0v) is 14.8. The van der Waals surface area contributed by atoms with Gasteiger partial charge in [0.25, 0.3) is 0 Å². The number of thioether (sulfide) groups is 1. The summed E-state index contributed by atoms with van der Waals surface area (Å²) in [6, 6.07) is 5.43. The summed E-state index contributed by atoms with van der Waals surface area (Å²) in [7, 11) is 0. The number of hydrogen-bond acceptors (Lipinski definition) is 6. The number of hydrogen-bond donors (Lipinski definition) is 2. The fourth-order valence-electron chi connectivity index (χ4n) is 1.96. The Morgan fingerprint density at radius 2 is 2.04 bits per heavy atom. The quantitative estimate of drug-likeness (QED) is 0.796. The summed E-state index contributed by atoms with van der Waals surface area (Å²) >= 11 is 1.17. The molecular weight excluding hydrogens is 328 g/mol. The summed E-state index contributed by atoms with van der Waals surface area (Å²) in [4.78, 5) is 23.3. The molecule has 2 aromatic rings. The van der Waals surface area contributed by atoms with Crippen molar-refractivity contribution in [2.45, 2.75) is 38.9 Å². The minimum absolute atomic E-state index is 0.0384. The SMILES string of the molecule is Cc1ccc(C)c(-n2nnnc2SCC(=O)NC(=O)NC(C)C)c1. The summed E-state index contributed by atoms with van der Waals surface area (Å²) in [6.07, 6.45) is 0. The van der Waals surface area contributed by atoms with E-state index in [-0.39, 0.29) is 11.8 Å². The highest BCUT2D eigenvalue weighted by molar-refractivity contribution is 7.99. The molecule has 0 bridgehead atoms. The van der Waals surface area contributed by atoms with E-state index in [1.165, 1.54) is 11.8 Å². The van der Waals surface area contributed by atoms with Crippen LogP contribution in [0.3, 0.4) is 0 Å². The largest absolute Gasteiger partial charge is 0.336 e. The molecule has 2 N–H and O–H groups in total. The zero-order chi connectivity index (χ0) is 17.7. The molecule has 0 aliphatic carbocycles. The lowest BCUT2D eigenvalue weighted by atomic mass is 10.1. The van der Waals surface area contributed by atoms with Crippen LogP contribution in [-0.2, 0) is 4.79 Å². The van der Waals surface area contributed by atoms with Crippen LogP contribution in [0.2, 0.25) is 0 Å². The van der Waals surface area contributed by atoms with E-state index in [1.807, 2.05) is 45.9 Å². The van der Waals surface area contributed by atoms with Crippen LogP contribution in [0.1, 0.15) is 25.0 Å². The van der Waals surface area contributed by atoms with Gasteiger partial charge in [0.1, 0.15) is 0 Å². The van der Waals surface area contributed by atoms with Crippen LogP contribution in [0, 0.1) is 13.8 Å². The van der Waals surface area contributed by atoms with Crippen molar-refractivity contribution < 1.29 is 9.59 Å². The summed E-state index contributed by atoms with van der Waals surface area (Å²) in [5, 5.41) is 17.0. The fourth-order valence-corrected chi connectivity index (χ4v) is 2.64. The van der Waals surface area contributed by atoms with Gasteiger partial charge in [-0.25, -0.2) is 4.79 Å². The third-order valence-electron chi connectivity index (χ3n) is 3.04. The van der Waals surface area contributed by atoms with Gasteiger partial charge in [-0.1, -0.05) is 23.9 Å². The second kappa shape index (κ2) is 7.91. The van der Waals surface area contributed by atoms with Crippen LogP contribution in [0.25, 0.3) is 5.69 Å². The van der Waals surface area contributed by atoms with Crippen LogP contribution < -0.4 is 10.6 Å². The number of rotatable bonds is 5. The summed E-state index contributed by atoms with van der Waals surface area (Å²) < 4.78 is 1.59. The van der Waals surface area contributed by atoms with Crippen LogP contribution in [0.5, 0.6) is 0 Å². The van der Waals surface area contributed by atoms with Gasteiger partial charge in [0, 0.05) is 6.04 Å². The number of amides is 3. The lowest BCUT2D eigenvalue weighted by molar-refractivity contribution is -0.117. The highest BCUT2D eigenvalue weighted by Crippen LogP contribution is 2.21. The standard InChI is InChI=1S/C15H20N6O2S/c1-9(2)16-14(23)17-13(22)8-24-15-18-19-20-21(15)12-7-10(3)5-6-11(12)4/h5-7,9H,8H2,1-4H3,(H2,16,17,22,23). The highest BCUT2D eigenvalue weighted by atomic mass is 32.2. The first-order valence-corrected chi connectivity index (χ1v) is 8.44. The monoisotopic (exact) mass is 348 g/mol. The third kappa shape index (κ3) is 4.79. The predicted molar refractivity (Wildman–Crippen MR) is 91.2 cm³/mol. The van der Waals surface area contributed by atoms with Crippen molar-refractivity contribution in [3.63, 3.8) is 0 Å². The summed E-state index contributed by atoms with van der Waals surface area (Å²) in [6.45, 7) is 7.59. The van der Waals surface area contributed by atoms with Gasteiger partial charge in [0.15, 0.2) is 0 Å². The number of benzene rings is 1. The molecule has 0 spiro atoms. The number of carbonyl (C=O) groups excluding carboxylic acids is 2.